The van der Waals surface area contributed by atoms with Gasteiger partial charge in [-0.05, 0) is 41.5 Å². The van der Waals surface area contributed by atoms with E-state index >= 15 is 0 Å². The number of hydrogen-bond acceptors (Lipinski definition) is 3. The number of amides is 1. The first kappa shape index (κ1) is 18.3. The van der Waals surface area contributed by atoms with Crippen LogP contribution >= 0.6 is 11.6 Å². The standard InChI is InChI=1S/C23H18ClNO3/c24-19-7-4-8-20(14-19)25-15-18(13-22(25)26)23(27)28-21-11-9-17(10-12-21)16-5-2-1-3-6-16/h1-12,14,18H,13,15H2/t18-/m0/s1. The minimum Gasteiger partial charge on any atom is -0.426 e. The first-order chi connectivity index (χ1) is 13.6. The monoisotopic (exact) mass is 391 g/mol. The van der Waals surface area contributed by atoms with Gasteiger partial charge in [0.25, 0.3) is 0 Å². The Labute approximate surface area is 168 Å². The van der Waals surface area contributed by atoms with Crippen LogP contribution in [-0.4, -0.2) is 18.4 Å². The molecule has 140 valence electrons. The molecule has 1 fully saturated rings. The molecule has 4 rings (SSSR count). The van der Waals surface area contributed by atoms with Gasteiger partial charge in [0, 0.05) is 23.7 Å². The molecule has 0 N–H and O–H groups in total. The van der Waals surface area contributed by atoms with Gasteiger partial charge >= 0.3 is 5.97 Å². The molecule has 0 bridgehead atoms. The average molecular weight is 392 g/mol. The van der Waals surface area contributed by atoms with E-state index in [-0.39, 0.29) is 12.3 Å². The van der Waals surface area contributed by atoms with Crippen molar-refractivity contribution in [3.63, 3.8) is 0 Å². The molecule has 1 aliphatic rings. The Balaban J connectivity index is 1.42. The number of hydrogen-bond donors (Lipinski definition) is 0. The molecule has 1 amide bonds. The summed E-state index contributed by atoms with van der Waals surface area (Å²) in [4.78, 5) is 26.4. The fraction of sp³-hybridized carbons (Fsp3) is 0.130. The molecule has 1 aliphatic heterocycles. The van der Waals surface area contributed by atoms with E-state index in [4.69, 9.17) is 16.3 Å². The van der Waals surface area contributed by atoms with Crippen LogP contribution < -0.4 is 9.64 Å². The van der Waals surface area contributed by atoms with Gasteiger partial charge in [-0.15, -0.1) is 0 Å². The van der Waals surface area contributed by atoms with Gasteiger partial charge < -0.3 is 9.64 Å². The minimum atomic E-state index is -0.500. The van der Waals surface area contributed by atoms with E-state index in [1.165, 1.54) is 0 Å². The summed E-state index contributed by atoms with van der Waals surface area (Å²) in [5, 5.41) is 0.551. The number of rotatable bonds is 4. The summed E-state index contributed by atoms with van der Waals surface area (Å²) >= 11 is 6.00. The Morgan fingerprint density at radius 1 is 0.929 bits per heavy atom. The van der Waals surface area contributed by atoms with E-state index in [9.17, 15) is 9.59 Å². The molecule has 0 radical (unpaired) electrons. The lowest BCUT2D eigenvalue weighted by atomic mass is 10.1. The lowest BCUT2D eigenvalue weighted by molar-refractivity contribution is -0.139. The van der Waals surface area contributed by atoms with Crippen molar-refractivity contribution in [1.82, 2.24) is 0 Å². The lowest BCUT2D eigenvalue weighted by Crippen LogP contribution is -2.27. The molecule has 1 atom stereocenters. The van der Waals surface area contributed by atoms with Crippen molar-refractivity contribution in [3.05, 3.63) is 83.9 Å². The van der Waals surface area contributed by atoms with Crippen LogP contribution in [0.15, 0.2) is 78.9 Å². The van der Waals surface area contributed by atoms with Gasteiger partial charge in [-0.3, -0.25) is 9.59 Å². The van der Waals surface area contributed by atoms with Crippen molar-refractivity contribution in [2.75, 3.05) is 11.4 Å². The summed E-state index contributed by atoms with van der Waals surface area (Å²) in [5.41, 5.74) is 2.84. The summed E-state index contributed by atoms with van der Waals surface area (Å²) in [6, 6.07) is 24.4. The largest absolute Gasteiger partial charge is 0.426 e. The van der Waals surface area contributed by atoms with Gasteiger partial charge in [-0.2, -0.15) is 0 Å². The van der Waals surface area contributed by atoms with E-state index < -0.39 is 11.9 Å². The Morgan fingerprint density at radius 3 is 2.36 bits per heavy atom. The second kappa shape index (κ2) is 7.87. The predicted molar refractivity (Wildman–Crippen MR) is 109 cm³/mol. The molecule has 5 heteroatoms. The molecule has 28 heavy (non-hydrogen) atoms. The van der Waals surface area contributed by atoms with Crippen molar-refractivity contribution < 1.29 is 14.3 Å². The van der Waals surface area contributed by atoms with Crippen molar-refractivity contribution in [3.8, 4) is 16.9 Å². The molecule has 1 saturated heterocycles. The number of carbonyl (C=O) groups excluding carboxylic acids is 2. The maximum atomic E-state index is 12.5. The summed E-state index contributed by atoms with van der Waals surface area (Å²) < 4.78 is 5.50. The van der Waals surface area contributed by atoms with Crippen molar-refractivity contribution in [2.45, 2.75) is 6.42 Å². The number of benzene rings is 3. The number of nitrogens with zero attached hydrogens (tertiary/aromatic N) is 1. The highest BCUT2D eigenvalue weighted by Gasteiger charge is 2.36. The van der Waals surface area contributed by atoms with Crippen LogP contribution in [0.2, 0.25) is 5.02 Å². The molecular formula is C23H18ClNO3. The first-order valence-electron chi connectivity index (χ1n) is 9.03. The van der Waals surface area contributed by atoms with Crippen LogP contribution in [0.5, 0.6) is 5.75 Å². The molecule has 0 spiro atoms. The normalized spacial score (nSPS) is 16.2. The summed E-state index contributed by atoms with van der Waals surface area (Å²) in [6.07, 6.45) is 0.132. The van der Waals surface area contributed by atoms with Crippen LogP contribution in [-0.2, 0) is 9.59 Å². The maximum absolute atomic E-state index is 12.5. The quantitative estimate of drug-likeness (QED) is 0.466. The van der Waals surface area contributed by atoms with Crippen molar-refractivity contribution >= 4 is 29.2 Å². The van der Waals surface area contributed by atoms with Gasteiger partial charge in [0.15, 0.2) is 0 Å². The second-order valence-electron chi connectivity index (χ2n) is 6.70. The third-order valence-corrected chi connectivity index (χ3v) is 4.99. The Morgan fingerprint density at radius 2 is 1.64 bits per heavy atom. The molecule has 4 nitrogen and oxygen atoms in total. The zero-order valence-electron chi connectivity index (χ0n) is 15.0. The van der Waals surface area contributed by atoms with Gasteiger partial charge in [-0.1, -0.05) is 60.1 Å². The first-order valence-corrected chi connectivity index (χ1v) is 9.41. The van der Waals surface area contributed by atoms with Crippen LogP contribution in [0.1, 0.15) is 6.42 Å². The Hall–Kier alpha value is -3.11. The average Bonchev–Trinajstić information content (AvgIpc) is 3.11. The zero-order chi connectivity index (χ0) is 19.5. The number of carbonyl (C=O) groups is 2. The SMILES string of the molecule is O=C(Oc1ccc(-c2ccccc2)cc1)[C@H]1CC(=O)N(c2cccc(Cl)c2)C1. The van der Waals surface area contributed by atoms with E-state index in [2.05, 4.69) is 0 Å². The fourth-order valence-electron chi connectivity index (χ4n) is 3.30. The number of esters is 1. The van der Waals surface area contributed by atoms with Crippen LogP contribution in [0.25, 0.3) is 11.1 Å². The van der Waals surface area contributed by atoms with E-state index in [1.54, 1.807) is 41.3 Å². The van der Waals surface area contributed by atoms with Crippen LogP contribution in [0.3, 0.4) is 0 Å². The minimum absolute atomic E-state index is 0.108. The molecule has 0 saturated carbocycles. The zero-order valence-corrected chi connectivity index (χ0v) is 15.8. The fourth-order valence-corrected chi connectivity index (χ4v) is 3.49. The Bertz CT molecular complexity index is 1000. The van der Waals surface area contributed by atoms with Crippen molar-refractivity contribution in [1.29, 1.82) is 0 Å². The maximum Gasteiger partial charge on any atom is 0.316 e. The summed E-state index contributed by atoms with van der Waals surface area (Å²) in [5.74, 6) is -0.535. The summed E-state index contributed by atoms with van der Waals surface area (Å²) in [7, 11) is 0. The third kappa shape index (κ3) is 3.92. The second-order valence-corrected chi connectivity index (χ2v) is 7.13. The topological polar surface area (TPSA) is 46.6 Å². The highest BCUT2D eigenvalue weighted by molar-refractivity contribution is 6.31. The van der Waals surface area contributed by atoms with Gasteiger partial charge in [0.2, 0.25) is 5.91 Å². The summed E-state index contributed by atoms with van der Waals surface area (Å²) in [6.45, 7) is 0.292. The van der Waals surface area contributed by atoms with Gasteiger partial charge in [-0.25, -0.2) is 0 Å². The number of ether oxygens (including phenoxy) is 1. The van der Waals surface area contributed by atoms with Gasteiger partial charge in [0.05, 0.1) is 5.92 Å². The molecular weight excluding hydrogens is 374 g/mol. The van der Waals surface area contributed by atoms with E-state index in [0.29, 0.717) is 23.0 Å². The van der Waals surface area contributed by atoms with E-state index in [0.717, 1.165) is 11.1 Å². The van der Waals surface area contributed by atoms with Crippen LogP contribution in [0.4, 0.5) is 5.69 Å². The van der Waals surface area contributed by atoms with Crippen molar-refractivity contribution in [2.24, 2.45) is 5.92 Å². The van der Waals surface area contributed by atoms with Gasteiger partial charge in [0.1, 0.15) is 5.75 Å². The lowest BCUT2D eigenvalue weighted by Gasteiger charge is -2.16. The molecule has 3 aromatic carbocycles. The van der Waals surface area contributed by atoms with E-state index in [1.807, 2.05) is 42.5 Å². The molecule has 1 heterocycles. The number of halogens is 1. The third-order valence-electron chi connectivity index (χ3n) is 4.76. The number of anilines is 1. The van der Waals surface area contributed by atoms with Crippen LogP contribution in [0, 0.1) is 5.92 Å². The molecule has 0 aliphatic carbocycles. The molecule has 0 aromatic heterocycles. The highest BCUT2D eigenvalue weighted by atomic mass is 35.5. The highest BCUT2D eigenvalue weighted by Crippen LogP contribution is 2.29. The Kier molecular flexibility index (Phi) is 5.13. The molecule has 0 unspecified atom stereocenters. The molecule has 3 aromatic rings. The smallest absolute Gasteiger partial charge is 0.316 e. The predicted octanol–water partition coefficient (Wildman–Crippen LogP) is 4.97.